The normalized spacial score (nSPS) is 16.1. The minimum Gasteiger partial charge on any atom is -0.457 e. The van der Waals surface area contributed by atoms with Gasteiger partial charge in [0, 0.05) is 57.0 Å². The largest absolute Gasteiger partial charge is 0.457 e. The van der Waals surface area contributed by atoms with E-state index < -0.39 is 5.82 Å². The summed E-state index contributed by atoms with van der Waals surface area (Å²) in [5.74, 6) is -0.291. The quantitative estimate of drug-likeness (QED) is 0.336. The van der Waals surface area contributed by atoms with Crippen molar-refractivity contribution in [2.75, 3.05) is 32.9 Å². The third kappa shape index (κ3) is 5.77. The van der Waals surface area contributed by atoms with Crippen molar-refractivity contribution in [3.05, 3.63) is 83.8 Å². The van der Waals surface area contributed by atoms with Gasteiger partial charge in [0.15, 0.2) is 0 Å². The number of rotatable bonds is 8. The summed E-state index contributed by atoms with van der Waals surface area (Å²) in [6, 6.07) is 7.42. The molecular weight excluding hydrogens is 501 g/mol. The summed E-state index contributed by atoms with van der Waals surface area (Å²) >= 11 is 0. The van der Waals surface area contributed by atoms with Crippen LogP contribution < -0.4 is 15.8 Å². The van der Waals surface area contributed by atoms with Crippen LogP contribution in [0.3, 0.4) is 0 Å². The minimum atomic E-state index is -0.584. The van der Waals surface area contributed by atoms with Gasteiger partial charge in [-0.05, 0) is 36.6 Å². The SMILES string of the molecule is C=CC(=O)N1CCC(C(C)c2ncnc(N)c2C(=NC)c2ccc(Oc3ccnc(C(=O)NC)c3)cc2F)C1. The molecular formula is C28H30FN7O3. The number of nitrogens with two attached hydrogens (primary N) is 1. The average molecular weight is 532 g/mol. The molecule has 1 fully saturated rings. The zero-order valence-electron chi connectivity index (χ0n) is 22.0. The number of hydrogen-bond donors (Lipinski definition) is 2. The molecule has 0 radical (unpaired) electrons. The van der Waals surface area contributed by atoms with E-state index in [-0.39, 0.29) is 46.5 Å². The highest BCUT2D eigenvalue weighted by Gasteiger charge is 2.33. The first-order valence-electron chi connectivity index (χ1n) is 12.4. The number of nitrogen functional groups attached to an aromatic ring is 1. The molecule has 3 aromatic rings. The molecule has 0 aliphatic carbocycles. The Morgan fingerprint density at radius 3 is 2.72 bits per heavy atom. The number of halogens is 1. The number of carbonyl (C=O) groups excluding carboxylic acids is 2. The maximum atomic E-state index is 15.5. The Balaban J connectivity index is 1.63. The predicted molar refractivity (Wildman–Crippen MR) is 145 cm³/mol. The molecule has 4 rings (SSSR count). The summed E-state index contributed by atoms with van der Waals surface area (Å²) in [6.07, 6.45) is 4.92. The van der Waals surface area contributed by atoms with Gasteiger partial charge in [-0.25, -0.2) is 14.4 Å². The lowest BCUT2D eigenvalue weighted by Crippen LogP contribution is -2.28. The number of nitrogens with one attached hydrogen (secondary N) is 1. The first-order valence-corrected chi connectivity index (χ1v) is 12.4. The molecule has 2 aromatic heterocycles. The summed E-state index contributed by atoms with van der Waals surface area (Å²) in [7, 11) is 3.05. The number of anilines is 1. The fourth-order valence-electron chi connectivity index (χ4n) is 4.73. The molecule has 2 atom stereocenters. The summed E-state index contributed by atoms with van der Waals surface area (Å²) in [5, 5.41) is 2.50. The Labute approximate surface area is 225 Å². The molecule has 0 bridgehead atoms. The summed E-state index contributed by atoms with van der Waals surface area (Å²) in [5.41, 5.74) is 8.09. The maximum Gasteiger partial charge on any atom is 0.269 e. The van der Waals surface area contributed by atoms with E-state index in [0.717, 1.165) is 6.42 Å². The summed E-state index contributed by atoms with van der Waals surface area (Å²) < 4.78 is 21.3. The molecule has 202 valence electrons. The number of hydrogen-bond acceptors (Lipinski definition) is 8. The number of amides is 2. The van der Waals surface area contributed by atoms with Crippen LogP contribution in [0, 0.1) is 11.7 Å². The lowest BCUT2D eigenvalue weighted by molar-refractivity contribution is -0.125. The number of pyridine rings is 1. The van der Waals surface area contributed by atoms with Gasteiger partial charge < -0.3 is 20.7 Å². The van der Waals surface area contributed by atoms with Crippen LogP contribution in [0.1, 0.15) is 46.6 Å². The van der Waals surface area contributed by atoms with Gasteiger partial charge in [0.2, 0.25) is 5.91 Å². The van der Waals surface area contributed by atoms with E-state index in [0.29, 0.717) is 35.8 Å². The van der Waals surface area contributed by atoms with Gasteiger partial charge in [-0.3, -0.25) is 19.6 Å². The number of benzene rings is 1. The Morgan fingerprint density at radius 1 is 1.26 bits per heavy atom. The van der Waals surface area contributed by atoms with E-state index in [4.69, 9.17) is 10.5 Å². The van der Waals surface area contributed by atoms with Crippen molar-refractivity contribution in [3.63, 3.8) is 0 Å². The van der Waals surface area contributed by atoms with Gasteiger partial charge in [-0.1, -0.05) is 13.5 Å². The molecule has 0 saturated carbocycles. The highest BCUT2D eigenvalue weighted by atomic mass is 19.1. The van der Waals surface area contributed by atoms with Crippen molar-refractivity contribution in [3.8, 4) is 11.5 Å². The molecule has 3 heterocycles. The third-order valence-electron chi connectivity index (χ3n) is 6.84. The first kappa shape index (κ1) is 27.4. The minimum absolute atomic E-state index is 0.100. The highest BCUT2D eigenvalue weighted by Crippen LogP contribution is 2.35. The van der Waals surface area contributed by atoms with Gasteiger partial charge in [0.05, 0.1) is 17.0 Å². The second-order valence-corrected chi connectivity index (χ2v) is 9.12. The Bertz CT molecular complexity index is 1440. The van der Waals surface area contributed by atoms with Crippen molar-refractivity contribution in [1.29, 1.82) is 0 Å². The third-order valence-corrected chi connectivity index (χ3v) is 6.84. The molecule has 2 unspecified atom stereocenters. The van der Waals surface area contributed by atoms with Crippen LogP contribution in [-0.2, 0) is 4.79 Å². The zero-order chi connectivity index (χ0) is 28.1. The molecule has 1 aliphatic rings. The number of carbonyl (C=O) groups is 2. The average Bonchev–Trinajstić information content (AvgIpc) is 3.44. The Morgan fingerprint density at radius 2 is 2.03 bits per heavy atom. The van der Waals surface area contributed by atoms with Crippen LogP contribution in [0.2, 0.25) is 0 Å². The molecule has 39 heavy (non-hydrogen) atoms. The van der Waals surface area contributed by atoms with E-state index >= 15 is 4.39 Å². The molecule has 2 amide bonds. The second kappa shape index (κ2) is 11.8. The monoisotopic (exact) mass is 531 g/mol. The van der Waals surface area contributed by atoms with Crippen molar-refractivity contribution in [2.45, 2.75) is 19.3 Å². The Kier molecular flexibility index (Phi) is 8.28. The topological polar surface area (TPSA) is 136 Å². The van der Waals surface area contributed by atoms with Gasteiger partial charge in [-0.2, -0.15) is 0 Å². The fourth-order valence-corrected chi connectivity index (χ4v) is 4.73. The van der Waals surface area contributed by atoms with Crippen LogP contribution in [-0.4, -0.2) is 64.6 Å². The molecule has 1 saturated heterocycles. The number of ether oxygens (including phenoxy) is 1. The zero-order valence-corrected chi connectivity index (χ0v) is 22.0. The standard InChI is InChI=1S/C28H30FN7O3/c1-5-23(37)36-11-9-17(14-36)16(2)25-24(27(30)35-15-34-25)26(31-3)20-7-6-18(12-21(20)29)39-19-8-10-33-22(13-19)28(38)32-4/h5-8,10,12-13,15-17H,1,9,11,14H2,2-4H3,(H,32,38)(H2,30,34,35). The Hall–Kier alpha value is -4.67. The van der Waals surface area contributed by atoms with Crippen LogP contribution >= 0.6 is 0 Å². The van der Waals surface area contributed by atoms with Gasteiger partial charge in [0.1, 0.15) is 35.2 Å². The maximum absolute atomic E-state index is 15.5. The van der Waals surface area contributed by atoms with Crippen LogP contribution in [0.4, 0.5) is 10.2 Å². The fraction of sp³-hybridized carbons (Fsp3) is 0.286. The van der Waals surface area contributed by atoms with Gasteiger partial charge in [0.25, 0.3) is 5.91 Å². The second-order valence-electron chi connectivity index (χ2n) is 9.12. The number of aromatic nitrogens is 3. The van der Waals surface area contributed by atoms with E-state index in [9.17, 15) is 9.59 Å². The lowest BCUT2D eigenvalue weighted by atomic mass is 9.86. The first-order chi connectivity index (χ1) is 18.8. The smallest absolute Gasteiger partial charge is 0.269 e. The van der Waals surface area contributed by atoms with Crippen LogP contribution in [0.15, 0.2) is 60.5 Å². The van der Waals surface area contributed by atoms with E-state index in [1.807, 2.05) is 6.92 Å². The summed E-state index contributed by atoms with van der Waals surface area (Å²) in [4.78, 5) is 42.8. The van der Waals surface area contributed by atoms with E-state index in [1.54, 1.807) is 30.1 Å². The van der Waals surface area contributed by atoms with Crippen LogP contribution in [0.5, 0.6) is 11.5 Å². The van der Waals surface area contributed by atoms with Gasteiger partial charge in [-0.15, -0.1) is 0 Å². The van der Waals surface area contributed by atoms with Gasteiger partial charge >= 0.3 is 0 Å². The lowest BCUT2D eigenvalue weighted by Gasteiger charge is -2.23. The van der Waals surface area contributed by atoms with Crippen LogP contribution in [0.25, 0.3) is 0 Å². The van der Waals surface area contributed by atoms with E-state index in [1.165, 1.54) is 37.8 Å². The molecule has 1 aliphatic heterocycles. The van der Waals surface area contributed by atoms with Crippen molar-refractivity contribution in [2.24, 2.45) is 10.9 Å². The van der Waals surface area contributed by atoms with Crippen molar-refractivity contribution >= 4 is 23.3 Å². The number of likely N-dealkylation sites (tertiary alicyclic amines) is 1. The van der Waals surface area contributed by atoms with Crippen molar-refractivity contribution in [1.82, 2.24) is 25.2 Å². The van der Waals surface area contributed by atoms with Crippen molar-refractivity contribution < 1.29 is 18.7 Å². The highest BCUT2D eigenvalue weighted by molar-refractivity contribution is 6.16. The number of aliphatic imine (C=N–C) groups is 1. The molecule has 10 nitrogen and oxygen atoms in total. The molecule has 1 aromatic carbocycles. The molecule has 0 spiro atoms. The van der Waals surface area contributed by atoms with E-state index in [2.05, 4.69) is 31.8 Å². The molecule has 11 heteroatoms. The predicted octanol–water partition coefficient (Wildman–Crippen LogP) is 3.35. The molecule has 3 N–H and O–H groups in total. The summed E-state index contributed by atoms with van der Waals surface area (Å²) in [6.45, 7) is 6.77. The number of nitrogens with zero attached hydrogens (tertiary/aromatic N) is 5.